The Morgan fingerprint density at radius 2 is 2.04 bits per heavy atom. The van der Waals surface area contributed by atoms with Crippen LogP contribution in [0.25, 0.3) is 0 Å². The lowest BCUT2D eigenvalue weighted by molar-refractivity contribution is 0.0729. The van der Waals surface area contributed by atoms with Gasteiger partial charge in [-0.05, 0) is 44.0 Å². The number of benzene rings is 1. The molecule has 1 amide bonds. The number of rotatable bonds is 4. The van der Waals surface area contributed by atoms with Crippen LogP contribution in [0.1, 0.15) is 23.7 Å². The Morgan fingerprint density at radius 3 is 2.68 bits per heavy atom. The number of ether oxygens (including phenoxy) is 1. The number of nitrogens with zero attached hydrogens (tertiary/aromatic N) is 2. The minimum absolute atomic E-state index is 0.112. The second-order valence-electron chi connectivity index (χ2n) is 6.69. The SMILES string of the molecule is CC1CC(CN)CN1C(=O)c1cccc(S(=O)(=O)N2CCOCC2)c1. The van der Waals surface area contributed by atoms with Crippen molar-refractivity contribution in [2.45, 2.75) is 24.3 Å². The first-order valence-electron chi connectivity index (χ1n) is 8.62. The maximum atomic E-state index is 12.8. The van der Waals surface area contributed by atoms with Crippen molar-refractivity contribution in [2.75, 3.05) is 39.4 Å². The number of nitrogens with two attached hydrogens (primary N) is 1. The van der Waals surface area contributed by atoms with Gasteiger partial charge in [-0.15, -0.1) is 0 Å². The van der Waals surface area contributed by atoms with Gasteiger partial charge in [-0.1, -0.05) is 6.07 Å². The lowest BCUT2D eigenvalue weighted by atomic mass is 10.1. The molecule has 2 heterocycles. The molecular formula is C17H25N3O4S. The van der Waals surface area contributed by atoms with Crippen LogP contribution < -0.4 is 5.73 Å². The molecule has 2 N–H and O–H groups in total. The van der Waals surface area contributed by atoms with Gasteiger partial charge in [0.25, 0.3) is 5.91 Å². The van der Waals surface area contributed by atoms with Crippen molar-refractivity contribution in [2.24, 2.45) is 11.7 Å². The quantitative estimate of drug-likeness (QED) is 0.837. The third-order valence-electron chi connectivity index (χ3n) is 4.94. The van der Waals surface area contributed by atoms with Crippen LogP contribution in [-0.4, -0.2) is 69.0 Å². The summed E-state index contributed by atoms with van der Waals surface area (Å²) >= 11 is 0. The van der Waals surface area contributed by atoms with Gasteiger partial charge in [-0.2, -0.15) is 4.31 Å². The van der Waals surface area contributed by atoms with Gasteiger partial charge in [-0.25, -0.2) is 8.42 Å². The largest absolute Gasteiger partial charge is 0.379 e. The highest BCUT2D eigenvalue weighted by atomic mass is 32.2. The van der Waals surface area contributed by atoms with Crippen molar-refractivity contribution in [3.63, 3.8) is 0 Å². The molecule has 1 aromatic carbocycles. The summed E-state index contributed by atoms with van der Waals surface area (Å²) in [4.78, 5) is 14.8. The van der Waals surface area contributed by atoms with Crippen LogP contribution in [-0.2, 0) is 14.8 Å². The number of hydrogen-bond donors (Lipinski definition) is 1. The van der Waals surface area contributed by atoms with E-state index >= 15 is 0 Å². The van der Waals surface area contributed by atoms with E-state index in [9.17, 15) is 13.2 Å². The van der Waals surface area contributed by atoms with Crippen LogP contribution in [0.15, 0.2) is 29.2 Å². The van der Waals surface area contributed by atoms with Crippen molar-refractivity contribution in [1.29, 1.82) is 0 Å². The van der Waals surface area contributed by atoms with Crippen molar-refractivity contribution < 1.29 is 17.9 Å². The van der Waals surface area contributed by atoms with Crippen LogP contribution in [0.4, 0.5) is 0 Å². The molecule has 0 aliphatic carbocycles. The number of likely N-dealkylation sites (tertiary alicyclic amines) is 1. The van der Waals surface area contributed by atoms with Crippen LogP contribution in [0.5, 0.6) is 0 Å². The fraction of sp³-hybridized carbons (Fsp3) is 0.588. The second kappa shape index (κ2) is 7.41. The highest BCUT2D eigenvalue weighted by molar-refractivity contribution is 7.89. The first-order chi connectivity index (χ1) is 11.9. The highest BCUT2D eigenvalue weighted by Crippen LogP contribution is 2.25. The van der Waals surface area contributed by atoms with Crippen LogP contribution in [0, 0.1) is 5.92 Å². The first kappa shape index (κ1) is 18.3. The zero-order valence-corrected chi connectivity index (χ0v) is 15.2. The molecule has 0 saturated carbocycles. The lowest BCUT2D eigenvalue weighted by Gasteiger charge is -2.26. The second-order valence-corrected chi connectivity index (χ2v) is 8.63. The van der Waals surface area contributed by atoms with Gasteiger partial charge in [0.2, 0.25) is 10.0 Å². The molecule has 0 radical (unpaired) electrons. The maximum absolute atomic E-state index is 12.8. The summed E-state index contributed by atoms with van der Waals surface area (Å²) in [7, 11) is -3.61. The molecule has 3 rings (SSSR count). The van der Waals surface area contributed by atoms with E-state index in [1.807, 2.05) is 6.92 Å². The summed E-state index contributed by atoms with van der Waals surface area (Å²) < 4.78 is 32.2. The van der Waals surface area contributed by atoms with Crippen LogP contribution >= 0.6 is 0 Å². The number of carbonyl (C=O) groups excluding carboxylic acids is 1. The summed E-state index contributed by atoms with van der Waals surface area (Å²) in [5.74, 6) is 0.168. The number of amides is 1. The zero-order chi connectivity index (χ0) is 18.0. The molecule has 0 bridgehead atoms. The van der Waals surface area contributed by atoms with E-state index in [2.05, 4.69) is 0 Å². The van der Waals surface area contributed by atoms with Crippen LogP contribution in [0.2, 0.25) is 0 Å². The normalized spacial score (nSPS) is 25.3. The summed E-state index contributed by atoms with van der Waals surface area (Å²) in [6.45, 7) is 4.63. The molecule has 0 spiro atoms. The molecule has 2 atom stereocenters. The Bertz CT molecular complexity index is 731. The van der Waals surface area contributed by atoms with E-state index in [0.717, 1.165) is 6.42 Å². The number of carbonyl (C=O) groups is 1. The Hall–Kier alpha value is -1.48. The van der Waals surface area contributed by atoms with Gasteiger partial charge in [0.15, 0.2) is 0 Å². The Balaban J connectivity index is 1.83. The molecular weight excluding hydrogens is 342 g/mol. The first-order valence-corrected chi connectivity index (χ1v) is 10.1. The van der Waals surface area contributed by atoms with E-state index < -0.39 is 10.0 Å². The standard InChI is InChI=1S/C17H25N3O4S/c1-13-9-14(11-18)12-20(13)17(21)15-3-2-4-16(10-15)25(22,23)19-5-7-24-8-6-19/h2-4,10,13-14H,5-9,11-12,18H2,1H3. The minimum atomic E-state index is -3.61. The number of sulfonamides is 1. The molecule has 138 valence electrons. The molecule has 2 aliphatic heterocycles. The van der Waals surface area contributed by atoms with Gasteiger partial charge in [0, 0.05) is 31.2 Å². The lowest BCUT2D eigenvalue weighted by Crippen LogP contribution is -2.40. The molecule has 1 aromatic rings. The molecule has 2 fully saturated rings. The average molecular weight is 367 g/mol. The summed E-state index contributed by atoms with van der Waals surface area (Å²) in [6, 6.07) is 6.43. The Morgan fingerprint density at radius 1 is 1.32 bits per heavy atom. The summed E-state index contributed by atoms with van der Waals surface area (Å²) in [5, 5.41) is 0. The van der Waals surface area contributed by atoms with E-state index in [0.29, 0.717) is 50.9 Å². The van der Waals surface area contributed by atoms with E-state index in [-0.39, 0.29) is 16.8 Å². The number of morpholine rings is 1. The van der Waals surface area contributed by atoms with Crippen molar-refractivity contribution in [1.82, 2.24) is 9.21 Å². The molecule has 2 aliphatic rings. The molecule has 8 heteroatoms. The summed E-state index contributed by atoms with van der Waals surface area (Å²) in [6.07, 6.45) is 0.883. The Labute approximate surface area is 148 Å². The fourth-order valence-corrected chi connectivity index (χ4v) is 4.94. The number of hydrogen-bond acceptors (Lipinski definition) is 5. The van der Waals surface area contributed by atoms with E-state index in [1.165, 1.54) is 16.4 Å². The monoisotopic (exact) mass is 367 g/mol. The van der Waals surface area contributed by atoms with Gasteiger partial charge in [0.1, 0.15) is 0 Å². The fourth-order valence-electron chi connectivity index (χ4n) is 3.49. The van der Waals surface area contributed by atoms with E-state index in [4.69, 9.17) is 10.5 Å². The van der Waals surface area contributed by atoms with Crippen molar-refractivity contribution >= 4 is 15.9 Å². The van der Waals surface area contributed by atoms with Gasteiger partial charge >= 0.3 is 0 Å². The molecule has 7 nitrogen and oxygen atoms in total. The summed E-state index contributed by atoms with van der Waals surface area (Å²) in [5.41, 5.74) is 6.13. The van der Waals surface area contributed by atoms with Crippen molar-refractivity contribution in [3.05, 3.63) is 29.8 Å². The molecule has 25 heavy (non-hydrogen) atoms. The van der Waals surface area contributed by atoms with Crippen LogP contribution in [0.3, 0.4) is 0 Å². The molecule has 0 aromatic heterocycles. The Kier molecular flexibility index (Phi) is 5.43. The van der Waals surface area contributed by atoms with Gasteiger partial charge in [0.05, 0.1) is 18.1 Å². The predicted octanol–water partition coefficient (Wildman–Crippen LogP) is 0.517. The minimum Gasteiger partial charge on any atom is -0.379 e. The van der Waals surface area contributed by atoms with Crippen molar-refractivity contribution in [3.8, 4) is 0 Å². The average Bonchev–Trinajstić information content (AvgIpc) is 3.03. The third-order valence-corrected chi connectivity index (χ3v) is 6.84. The van der Waals surface area contributed by atoms with Gasteiger partial charge in [-0.3, -0.25) is 4.79 Å². The molecule has 2 unspecified atom stereocenters. The predicted molar refractivity (Wildman–Crippen MR) is 93.7 cm³/mol. The smallest absolute Gasteiger partial charge is 0.254 e. The van der Waals surface area contributed by atoms with Gasteiger partial charge < -0.3 is 15.4 Å². The maximum Gasteiger partial charge on any atom is 0.254 e. The third kappa shape index (κ3) is 3.72. The highest BCUT2D eigenvalue weighted by Gasteiger charge is 2.33. The molecule has 2 saturated heterocycles. The zero-order valence-electron chi connectivity index (χ0n) is 14.4. The van der Waals surface area contributed by atoms with E-state index in [1.54, 1.807) is 17.0 Å². The topological polar surface area (TPSA) is 92.9 Å².